The van der Waals surface area contributed by atoms with Crippen LogP contribution in [0.3, 0.4) is 0 Å². The zero-order chi connectivity index (χ0) is 23.1. The molecule has 168 valence electrons. The third kappa shape index (κ3) is 3.87. The molecule has 1 aliphatic rings. The van der Waals surface area contributed by atoms with Crippen LogP contribution in [-0.2, 0) is 11.3 Å². The van der Waals surface area contributed by atoms with E-state index in [1.54, 1.807) is 18.0 Å². The number of aryl methyl sites for hydroxylation is 2. The molecule has 0 aliphatic carbocycles. The lowest BCUT2D eigenvalue weighted by Crippen LogP contribution is -2.50. The molecular formula is C25H24N4O3S. The number of carbonyl (C=O) groups is 2. The van der Waals surface area contributed by atoms with Gasteiger partial charge in [0.2, 0.25) is 0 Å². The van der Waals surface area contributed by atoms with Gasteiger partial charge in [-0.15, -0.1) is 11.3 Å². The number of benzene rings is 2. The Morgan fingerprint density at radius 1 is 1.15 bits per heavy atom. The van der Waals surface area contributed by atoms with Crippen molar-refractivity contribution in [2.75, 3.05) is 18.5 Å². The van der Waals surface area contributed by atoms with Gasteiger partial charge < -0.3 is 10.1 Å². The number of nitrogens with zero attached hydrogens (tertiary/aromatic N) is 3. The molecule has 2 amide bonds. The summed E-state index contributed by atoms with van der Waals surface area (Å²) in [5.41, 5.74) is 3.92. The molecule has 0 radical (unpaired) electrons. The van der Waals surface area contributed by atoms with Crippen molar-refractivity contribution < 1.29 is 14.3 Å². The average molecular weight is 461 g/mol. The van der Waals surface area contributed by atoms with Crippen molar-refractivity contribution in [3.8, 4) is 5.75 Å². The summed E-state index contributed by atoms with van der Waals surface area (Å²) in [4.78, 5) is 29.1. The Morgan fingerprint density at radius 2 is 1.91 bits per heavy atom. The molecule has 1 aliphatic heterocycles. The molecule has 5 rings (SSSR count). The van der Waals surface area contributed by atoms with E-state index in [2.05, 4.69) is 36.5 Å². The van der Waals surface area contributed by atoms with E-state index in [0.717, 1.165) is 21.5 Å². The van der Waals surface area contributed by atoms with Crippen LogP contribution in [0.25, 0.3) is 10.2 Å². The quantitative estimate of drug-likeness (QED) is 0.501. The fraction of sp³-hybridized carbons (Fsp3) is 0.240. The predicted octanol–water partition coefficient (Wildman–Crippen LogP) is 3.92. The number of para-hydroxylation sites is 2. The molecular weight excluding hydrogens is 436 g/mol. The maximum atomic E-state index is 13.6. The fourth-order valence-corrected chi connectivity index (χ4v) is 5.16. The molecule has 1 atom stereocenters. The van der Waals surface area contributed by atoms with Gasteiger partial charge in [0.15, 0.2) is 6.10 Å². The molecule has 0 saturated heterocycles. The SMILES string of the molecule is CNC(=O)[C@H]1CN(C(=O)c2cc3c(C)nn(Cc4ccc(C)cc4)c3s2)c2ccccc2O1. The molecule has 2 aromatic carbocycles. The summed E-state index contributed by atoms with van der Waals surface area (Å²) in [6.45, 7) is 4.81. The topological polar surface area (TPSA) is 76.5 Å². The van der Waals surface area contributed by atoms with Crippen LogP contribution in [0.2, 0.25) is 0 Å². The number of fused-ring (bicyclic) bond motifs is 2. The van der Waals surface area contributed by atoms with E-state index in [1.807, 2.05) is 35.9 Å². The zero-order valence-corrected chi connectivity index (χ0v) is 19.5. The first-order chi connectivity index (χ1) is 15.9. The number of hydrogen-bond acceptors (Lipinski definition) is 5. The highest BCUT2D eigenvalue weighted by Gasteiger charge is 2.34. The minimum absolute atomic E-state index is 0.151. The first-order valence-electron chi connectivity index (χ1n) is 10.8. The van der Waals surface area contributed by atoms with E-state index in [9.17, 15) is 9.59 Å². The van der Waals surface area contributed by atoms with Crippen LogP contribution >= 0.6 is 11.3 Å². The Morgan fingerprint density at radius 3 is 2.67 bits per heavy atom. The van der Waals surface area contributed by atoms with Gasteiger partial charge in [-0.25, -0.2) is 0 Å². The van der Waals surface area contributed by atoms with Crippen LogP contribution in [0.5, 0.6) is 5.75 Å². The first kappa shape index (κ1) is 21.2. The molecule has 0 fully saturated rings. The Balaban J connectivity index is 1.49. The van der Waals surface area contributed by atoms with Gasteiger partial charge in [0.05, 0.1) is 29.3 Å². The van der Waals surface area contributed by atoms with Crippen molar-refractivity contribution in [1.82, 2.24) is 15.1 Å². The van der Waals surface area contributed by atoms with Crippen molar-refractivity contribution in [2.45, 2.75) is 26.5 Å². The number of nitrogens with one attached hydrogen (secondary N) is 1. The highest BCUT2D eigenvalue weighted by molar-refractivity contribution is 7.20. The molecule has 8 heteroatoms. The van der Waals surface area contributed by atoms with Gasteiger partial charge in [0.25, 0.3) is 11.8 Å². The summed E-state index contributed by atoms with van der Waals surface area (Å²) in [5.74, 6) is 0.110. The van der Waals surface area contributed by atoms with Crippen LogP contribution in [0, 0.1) is 13.8 Å². The van der Waals surface area contributed by atoms with E-state index in [-0.39, 0.29) is 18.4 Å². The van der Waals surface area contributed by atoms with E-state index < -0.39 is 6.10 Å². The van der Waals surface area contributed by atoms with Gasteiger partial charge in [-0.05, 0) is 37.6 Å². The second kappa shape index (κ2) is 8.37. The van der Waals surface area contributed by atoms with E-state index in [4.69, 9.17) is 9.84 Å². The zero-order valence-electron chi connectivity index (χ0n) is 18.7. The minimum atomic E-state index is -0.762. The van der Waals surface area contributed by atoms with Gasteiger partial charge in [0, 0.05) is 12.4 Å². The molecule has 3 heterocycles. The van der Waals surface area contributed by atoms with Gasteiger partial charge >= 0.3 is 0 Å². The highest BCUT2D eigenvalue weighted by Crippen LogP contribution is 2.36. The Kier molecular flexibility index (Phi) is 5.38. The van der Waals surface area contributed by atoms with E-state index in [0.29, 0.717) is 22.9 Å². The summed E-state index contributed by atoms with van der Waals surface area (Å²) in [6, 6.07) is 17.6. The number of hydrogen-bond donors (Lipinski definition) is 1. The molecule has 1 N–H and O–H groups in total. The van der Waals surface area contributed by atoms with Crippen LogP contribution in [0.4, 0.5) is 5.69 Å². The van der Waals surface area contributed by atoms with Gasteiger partial charge in [-0.2, -0.15) is 5.10 Å². The predicted molar refractivity (Wildman–Crippen MR) is 129 cm³/mol. The number of aromatic nitrogens is 2. The molecule has 0 spiro atoms. The summed E-state index contributed by atoms with van der Waals surface area (Å²) in [7, 11) is 1.56. The monoisotopic (exact) mass is 460 g/mol. The van der Waals surface area contributed by atoms with Gasteiger partial charge in [-0.1, -0.05) is 42.0 Å². The van der Waals surface area contributed by atoms with Crippen LogP contribution in [0.15, 0.2) is 54.6 Å². The molecule has 0 saturated carbocycles. The number of rotatable bonds is 4. The maximum Gasteiger partial charge on any atom is 0.268 e. The molecule has 4 aromatic rings. The average Bonchev–Trinajstić information content (AvgIpc) is 3.40. The van der Waals surface area contributed by atoms with Crippen molar-refractivity contribution in [2.24, 2.45) is 0 Å². The molecule has 7 nitrogen and oxygen atoms in total. The van der Waals surface area contributed by atoms with Crippen LogP contribution in [0.1, 0.15) is 26.5 Å². The summed E-state index contributed by atoms with van der Waals surface area (Å²) in [5, 5.41) is 8.28. The second-order valence-corrected chi connectivity index (χ2v) is 9.19. The summed E-state index contributed by atoms with van der Waals surface area (Å²) in [6.07, 6.45) is -0.762. The second-order valence-electron chi connectivity index (χ2n) is 8.16. The normalized spacial score (nSPS) is 15.2. The molecule has 0 unspecified atom stereocenters. The third-order valence-corrected chi connectivity index (χ3v) is 6.97. The number of likely N-dealkylation sites (N-methyl/N-ethyl adjacent to an activating group) is 1. The third-order valence-electron chi connectivity index (χ3n) is 5.83. The van der Waals surface area contributed by atoms with Crippen LogP contribution < -0.4 is 15.0 Å². The molecule has 33 heavy (non-hydrogen) atoms. The lowest BCUT2D eigenvalue weighted by atomic mass is 10.1. The standard InChI is InChI=1S/C25H24N4O3S/c1-15-8-10-17(11-9-15)13-29-25-18(16(2)27-29)12-22(33-25)24(31)28-14-21(23(30)26-3)32-20-7-5-4-6-19(20)28/h4-12,21H,13-14H2,1-3H3,(H,26,30)/t21-/m1/s1. The minimum Gasteiger partial charge on any atom is -0.477 e. The van der Waals surface area contributed by atoms with Gasteiger partial charge in [0.1, 0.15) is 10.6 Å². The Labute approximate surface area is 195 Å². The smallest absolute Gasteiger partial charge is 0.268 e. The van der Waals surface area contributed by atoms with Crippen molar-refractivity contribution in [3.05, 3.63) is 76.3 Å². The van der Waals surface area contributed by atoms with Crippen LogP contribution in [-0.4, -0.2) is 41.3 Å². The Bertz CT molecular complexity index is 1360. The number of amides is 2. The van der Waals surface area contributed by atoms with E-state index in [1.165, 1.54) is 16.9 Å². The summed E-state index contributed by atoms with van der Waals surface area (Å²) >= 11 is 1.43. The van der Waals surface area contributed by atoms with Crippen molar-refractivity contribution in [1.29, 1.82) is 0 Å². The first-order valence-corrected chi connectivity index (χ1v) is 11.6. The summed E-state index contributed by atoms with van der Waals surface area (Å²) < 4.78 is 7.80. The number of carbonyl (C=O) groups excluding carboxylic acids is 2. The number of ether oxygens (including phenoxy) is 1. The van der Waals surface area contributed by atoms with Crippen molar-refractivity contribution in [3.63, 3.8) is 0 Å². The maximum absolute atomic E-state index is 13.6. The van der Waals surface area contributed by atoms with Crippen molar-refractivity contribution >= 4 is 39.1 Å². The fourth-order valence-electron chi connectivity index (χ4n) is 4.05. The lowest BCUT2D eigenvalue weighted by Gasteiger charge is -2.33. The lowest BCUT2D eigenvalue weighted by molar-refractivity contribution is -0.127. The molecule has 0 bridgehead atoms. The Hall–Kier alpha value is -3.65. The number of thiophene rings is 1. The highest BCUT2D eigenvalue weighted by atomic mass is 32.1. The van der Waals surface area contributed by atoms with E-state index >= 15 is 0 Å². The van der Waals surface area contributed by atoms with Gasteiger partial charge in [-0.3, -0.25) is 19.2 Å². The number of anilines is 1. The molecule has 2 aromatic heterocycles. The largest absolute Gasteiger partial charge is 0.477 e.